The lowest BCUT2D eigenvalue weighted by atomic mass is 10.0. The Morgan fingerprint density at radius 2 is 2.24 bits per heavy atom. The molecule has 0 aliphatic carbocycles. The van der Waals surface area contributed by atoms with Gasteiger partial charge in [-0.05, 0) is 5.92 Å². The average Bonchev–Trinajstić information content (AvgIpc) is 2.67. The fraction of sp³-hybridized carbons (Fsp3) is 0.545. The van der Waals surface area contributed by atoms with E-state index in [0.29, 0.717) is 6.42 Å². The van der Waals surface area contributed by atoms with Crippen LogP contribution in [0, 0.1) is 5.92 Å². The van der Waals surface area contributed by atoms with E-state index in [1.165, 1.54) is 0 Å². The van der Waals surface area contributed by atoms with E-state index in [1.54, 1.807) is 6.20 Å². The van der Waals surface area contributed by atoms with Crippen LogP contribution >= 0.6 is 0 Å². The number of rotatable bonds is 3. The van der Waals surface area contributed by atoms with Crippen molar-refractivity contribution in [2.75, 3.05) is 0 Å². The van der Waals surface area contributed by atoms with Gasteiger partial charge < -0.3 is 4.57 Å². The molecule has 1 aliphatic rings. The number of hydrogen-bond acceptors (Lipinski definition) is 4. The Morgan fingerprint density at radius 3 is 2.82 bits per heavy atom. The maximum Gasteiger partial charge on any atom is 0.263 e. The van der Waals surface area contributed by atoms with Crippen molar-refractivity contribution in [2.24, 2.45) is 18.0 Å². The first-order valence-electron chi connectivity index (χ1n) is 5.66. The summed E-state index contributed by atoms with van der Waals surface area (Å²) in [6.07, 6.45) is 4.22. The summed E-state index contributed by atoms with van der Waals surface area (Å²) in [5.74, 6) is 1.77. The Labute approximate surface area is 100 Å². The van der Waals surface area contributed by atoms with Crippen LogP contribution in [0.2, 0.25) is 0 Å². The van der Waals surface area contributed by atoms with Gasteiger partial charge in [-0.3, -0.25) is 20.6 Å². The number of aliphatic imine (C=N–C) groups is 1. The Balaban J connectivity index is 2.14. The number of hydrogen-bond donors (Lipinski definition) is 2. The molecule has 0 fully saturated rings. The topological polar surface area (TPSA) is 71.3 Å². The maximum atomic E-state index is 11.5. The number of nitrogens with one attached hydrogen (secondary N) is 2. The van der Waals surface area contributed by atoms with Crippen molar-refractivity contribution in [3.05, 3.63) is 18.2 Å². The molecule has 2 rings (SSSR count). The molecular weight excluding hydrogens is 218 g/mol. The van der Waals surface area contributed by atoms with E-state index in [2.05, 4.69) is 20.8 Å². The maximum absolute atomic E-state index is 11.5. The van der Waals surface area contributed by atoms with Crippen LogP contribution in [-0.2, 0) is 18.3 Å². The lowest BCUT2D eigenvalue weighted by molar-refractivity contribution is -0.124. The predicted molar refractivity (Wildman–Crippen MR) is 64.3 cm³/mol. The highest BCUT2D eigenvalue weighted by Gasteiger charge is 2.26. The summed E-state index contributed by atoms with van der Waals surface area (Å²) in [5.41, 5.74) is 5.46. The third kappa shape index (κ3) is 2.46. The quantitative estimate of drug-likeness (QED) is 0.776. The molecule has 6 nitrogen and oxygen atoms in total. The van der Waals surface area contributed by atoms with Gasteiger partial charge in [0.15, 0.2) is 0 Å². The summed E-state index contributed by atoms with van der Waals surface area (Å²) in [6.45, 7) is 3.97. The molecule has 0 aromatic carbocycles. The summed E-state index contributed by atoms with van der Waals surface area (Å²) in [7, 11) is 1.93. The SMILES string of the molecule is CC(C)C1N=C(Cc2nccn2C)NNC1=O. The van der Waals surface area contributed by atoms with Crippen molar-refractivity contribution < 1.29 is 4.79 Å². The zero-order valence-corrected chi connectivity index (χ0v) is 10.3. The minimum absolute atomic E-state index is 0.0800. The monoisotopic (exact) mass is 235 g/mol. The van der Waals surface area contributed by atoms with Gasteiger partial charge in [0, 0.05) is 19.4 Å². The second-order valence-electron chi connectivity index (χ2n) is 4.51. The smallest absolute Gasteiger partial charge is 0.263 e. The van der Waals surface area contributed by atoms with Crippen molar-refractivity contribution in [3.8, 4) is 0 Å². The lowest BCUT2D eigenvalue weighted by Crippen LogP contribution is -2.53. The highest BCUT2D eigenvalue weighted by Crippen LogP contribution is 2.10. The second kappa shape index (κ2) is 4.57. The summed E-state index contributed by atoms with van der Waals surface area (Å²) in [4.78, 5) is 20.2. The molecule has 1 atom stereocenters. The third-order valence-electron chi connectivity index (χ3n) is 2.77. The zero-order chi connectivity index (χ0) is 12.4. The third-order valence-corrected chi connectivity index (χ3v) is 2.77. The number of aromatic nitrogens is 2. The number of amidine groups is 1. The van der Waals surface area contributed by atoms with Gasteiger partial charge in [-0.2, -0.15) is 0 Å². The molecule has 0 saturated heterocycles. The average molecular weight is 235 g/mol. The van der Waals surface area contributed by atoms with E-state index < -0.39 is 0 Å². The molecule has 0 saturated carbocycles. The van der Waals surface area contributed by atoms with E-state index in [1.807, 2.05) is 31.7 Å². The van der Waals surface area contributed by atoms with E-state index in [0.717, 1.165) is 11.7 Å². The second-order valence-corrected chi connectivity index (χ2v) is 4.51. The largest absolute Gasteiger partial charge is 0.338 e. The van der Waals surface area contributed by atoms with Crippen molar-refractivity contribution in [3.63, 3.8) is 0 Å². The van der Waals surface area contributed by atoms with Crippen molar-refractivity contribution in [2.45, 2.75) is 26.3 Å². The number of imidazole rings is 1. The molecule has 1 aliphatic heterocycles. The van der Waals surface area contributed by atoms with Crippen LogP contribution in [0.5, 0.6) is 0 Å². The Morgan fingerprint density at radius 1 is 1.47 bits per heavy atom. The Bertz CT molecular complexity index is 448. The minimum Gasteiger partial charge on any atom is -0.338 e. The number of carbonyl (C=O) groups excluding carboxylic acids is 1. The summed E-state index contributed by atoms with van der Waals surface area (Å²) >= 11 is 0. The van der Waals surface area contributed by atoms with E-state index >= 15 is 0 Å². The normalized spacial score (nSPS) is 19.9. The molecule has 6 heteroatoms. The van der Waals surface area contributed by atoms with Gasteiger partial charge >= 0.3 is 0 Å². The van der Waals surface area contributed by atoms with Crippen LogP contribution < -0.4 is 10.9 Å². The van der Waals surface area contributed by atoms with Gasteiger partial charge in [0.1, 0.15) is 17.7 Å². The highest BCUT2D eigenvalue weighted by atomic mass is 16.2. The first-order chi connectivity index (χ1) is 8.08. The Hall–Kier alpha value is -1.85. The number of hydrazine groups is 1. The van der Waals surface area contributed by atoms with Gasteiger partial charge in [-0.1, -0.05) is 13.8 Å². The van der Waals surface area contributed by atoms with Gasteiger partial charge in [-0.25, -0.2) is 4.98 Å². The molecule has 17 heavy (non-hydrogen) atoms. The summed E-state index contributed by atoms with van der Waals surface area (Å²) in [6, 6.07) is -0.313. The highest BCUT2D eigenvalue weighted by molar-refractivity contribution is 5.94. The molecule has 1 aromatic heterocycles. The zero-order valence-electron chi connectivity index (χ0n) is 10.3. The minimum atomic E-state index is -0.313. The van der Waals surface area contributed by atoms with Crippen LogP contribution in [0.1, 0.15) is 19.7 Å². The van der Waals surface area contributed by atoms with Gasteiger partial charge in [0.2, 0.25) is 0 Å². The van der Waals surface area contributed by atoms with Crippen LogP contribution in [0.15, 0.2) is 17.4 Å². The standard InChI is InChI=1S/C11H17N5O/c1-7(2)10-11(17)15-14-8(13-10)6-9-12-4-5-16(9)3/h4-5,7,10H,6H2,1-3H3,(H,13,14)(H,15,17). The van der Waals surface area contributed by atoms with Gasteiger partial charge in [-0.15, -0.1) is 0 Å². The molecule has 2 N–H and O–H groups in total. The first kappa shape index (κ1) is 11.6. The van der Waals surface area contributed by atoms with Gasteiger partial charge in [0.25, 0.3) is 5.91 Å². The fourth-order valence-corrected chi connectivity index (χ4v) is 1.72. The van der Waals surface area contributed by atoms with Crippen LogP contribution in [0.4, 0.5) is 0 Å². The molecule has 0 radical (unpaired) electrons. The Kier molecular flexibility index (Phi) is 3.12. The molecule has 1 amide bonds. The van der Waals surface area contributed by atoms with Crippen molar-refractivity contribution in [1.82, 2.24) is 20.4 Å². The fourth-order valence-electron chi connectivity index (χ4n) is 1.72. The lowest BCUT2D eigenvalue weighted by Gasteiger charge is -2.24. The van der Waals surface area contributed by atoms with E-state index in [-0.39, 0.29) is 17.9 Å². The number of nitrogens with zero attached hydrogens (tertiary/aromatic N) is 3. The van der Waals surface area contributed by atoms with E-state index in [9.17, 15) is 4.79 Å². The summed E-state index contributed by atoms with van der Waals surface area (Å²) < 4.78 is 1.94. The van der Waals surface area contributed by atoms with Gasteiger partial charge in [0.05, 0.1) is 6.42 Å². The van der Waals surface area contributed by atoms with Crippen LogP contribution in [-0.4, -0.2) is 27.3 Å². The predicted octanol–water partition coefficient (Wildman–Crippen LogP) is 0.0201. The molecule has 0 spiro atoms. The number of carbonyl (C=O) groups is 1. The number of amides is 1. The molecule has 92 valence electrons. The van der Waals surface area contributed by atoms with E-state index in [4.69, 9.17) is 0 Å². The first-order valence-corrected chi connectivity index (χ1v) is 5.66. The van der Waals surface area contributed by atoms with Crippen molar-refractivity contribution >= 4 is 11.7 Å². The van der Waals surface area contributed by atoms with Crippen LogP contribution in [0.25, 0.3) is 0 Å². The number of aryl methyl sites for hydroxylation is 1. The molecule has 0 bridgehead atoms. The molecule has 1 aromatic rings. The van der Waals surface area contributed by atoms with Crippen molar-refractivity contribution in [1.29, 1.82) is 0 Å². The molecule has 1 unspecified atom stereocenters. The summed E-state index contributed by atoms with van der Waals surface area (Å²) in [5, 5.41) is 0. The molecular formula is C11H17N5O. The van der Waals surface area contributed by atoms with Crippen LogP contribution in [0.3, 0.4) is 0 Å². The molecule has 2 heterocycles.